The number of carbonyl (C=O) groups excluding carboxylic acids is 1. The Labute approximate surface area is 174 Å². The first-order chi connectivity index (χ1) is 14.5. The molecule has 6 heteroatoms. The Hall–Kier alpha value is -3.67. The topological polar surface area (TPSA) is 59.0 Å². The van der Waals surface area contributed by atoms with Crippen molar-refractivity contribution in [2.45, 2.75) is 20.4 Å². The van der Waals surface area contributed by atoms with Gasteiger partial charge in [0.05, 0.1) is 11.0 Å². The van der Waals surface area contributed by atoms with E-state index < -0.39 is 0 Å². The zero-order chi connectivity index (χ0) is 21.1. The molecule has 0 radical (unpaired) electrons. The van der Waals surface area contributed by atoms with Crippen LogP contribution in [0.4, 0.5) is 14.9 Å². The maximum absolute atomic E-state index is 13.3. The largest absolute Gasteiger partial charge is 0.336 e. The highest BCUT2D eigenvalue weighted by Gasteiger charge is 2.13. The minimum Gasteiger partial charge on any atom is -0.336 e. The molecule has 2 amide bonds. The van der Waals surface area contributed by atoms with Gasteiger partial charge in [-0.3, -0.25) is 0 Å². The van der Waals surface area contributed by atoms with Gasteiger partial charge in [-0.05, 0) is 73.5 Å². The lowest BCUT2D eigenvalue weighted by Crippen LogP contribution is -2.31. The summed E-state index contributed by atoms with van der Waals surface area (Å²) in [4.78, 5) is 17.0. The summed E-state index contributed by atoms with van der Waals surface area (Å²) in [5.74, 6) is 0.457. The van der Waals surface area contributed by atoms with Gasteiger partial charge >= 0.3 is 6.03 Å². The van der Waals surface area contributed by atoms with Crippen LogP contribution in [0.1, 0.15) is 11.1 Å². The molecular formula is C24H23FN4O. The minimum absolute atomic E-state index is 0.257. The molecule has 1 aromatic heterocycles. The summed E-state index contributed by atoms with van der Waals surface area (Å²) in [6.45, 7) is 4.95. The number of rotatable bonds is 5. The van der Waals surface area contributed by atoms with Crippen molar-refractivity contribution in [3.63, 3.8) is 0 Å². The number of aryl methyl sites for hydroxylation is 2. The van der Waals surface area contributed by atoms with Gasteiger partial charge in [0.2, 0.25) is 0 Å². The molecule has 3 aromatic carbocycles. The van der Waals surface area contributed by atoms with E-state index in [1.807, 2.05) is 54.8 Å². The van der Waals surface area contributed by atoms with Crippen molar-refractivity contribution in [2.24, 2.45) is 0 Å². The van der Waals surface area contributed by atoms with E-state index in [9.17, 15) is 9.18 Å². The van der Waals surface area contributed by atoms with E-state index in [-0.39, 0.29) is 11.8 Å². The molecular weight excluding hydrogens is 379 g/mol. The van der Waals surface area contributed by atoms with Gasteiger partial charge in [-0.25, -0.2) is 14.2 Å². The fraction of sp³-hybridized carbons (Fsp3) is 0.167. The van der Waals surface area contributed by atoms with Crippen LogP contribution in [0.3, 0.4) is 0 Å². The molecule has 0 saturated heterocycles. The number of nitrogens with zero attached hydrogens (tertiary/aromatic N) is 2. The molecule has 1 heterocycles. The number of imidazole rings is 1. The Balaban J connectivity index is 1.50. The van der Waals surface area contributed by atoms with Gasteiger partial charge in [0.1, 0.15) is 11.6 Å². The Morgan fingerprint density at radius 2 is 1.70 bits per heavy atom. The molecule has 0 unspecified atom stereocenters. The van der Waals surface area contributed by atoms with Crippen molar-refractivity contribution < 1.29 is 9.18 Å². The molecule has 0 fully saturated rings. The van der Waals surface area contributed by atoms with Crippen molar-refractivity contribution >= 4 is 22.8 Å². The molecule has 0 aliphatic carbocycles. The second-order valence-corrected chi connectivity index (χ2v) is 7.34. The number of para-hydroxylation sites is 2. The Bertz CT molecular complexity index is 1180. The van der Waals surface area contributed by atoms with Crippen LogP contribution in [0, 0.1) is 19.7 Å². The Morgan fingerprint density at radius 1 is 1.00 bits per heavy atom. The first kappa shape index (κ1) is 19.6. The summed E-state index contributed by atoms with van der Waals surface area (Å²) in [7, 11) is 0. The predicted octanol–water partition coefficient (Wildman–Crippen LogP) is 5.28. The molecule has 0 atom stereocenters. The van der Waals surface area contributed by atoms with Gasteiger partial charge < -0.3 is 15.2 Å². The van der Waals surface area contributed by atoms with Crippen molar-refractivity contribution in [3.05, 3.63) is 83.7 Å². The van der Waals surface area contributed by atoms with Crippen LogP contribution in [0.5, 0.6) is 0 Å². The van der Waals surface area contributed by atoms with Crippen molar-refractivity contribution in [3.8, 4) is 11.4 Å². The Kier molecular flexibility index (Phi) is 5.48. The zero-order valence-electron chi connectivity index (χ0n) is 16.9. The number of hydrogen-bond donors (Lipinski definition) is 2. The van der Waals surface area contributed by atoms with E-state index >= 15 is 0 Å². The van der Waals surface area contributed by atoms with Gasteiger partial charge in [-0.2, -0.15) is 0 Å². The average Bonchev–Trinajstić information content (AvgIpc) is 3.06. The molecule has 0 saturated carbocycles. The van der Waals surface area contributed by atoms with Crippen LogP contribution in [0.15, 0.2) is 66.7 Å². The number of nitrogens with one attached hydrogen (secondary N) is 2. The highest BCUT2D eigenvalue weighted by atomic mass is 19.1. The normalized spacial score (nSPS) is 10.9. The average molecular weight is 402 g/mol. The number of halogens is 1. The quantitative estimate of drug-likeness (QED) is 0.477. The molecule has 0 bridgehead atoms. The van der Waals surface area contributed by atoms with Crippen LogP contribution in [-0.4, -0.2) is 22.1 Å². The lowest BCUT2D eigenvalue weighted by Gasteiger charge is -2.12. The van der Waals surface area contributed by atoms with E-state index in [0.29, 0.717) is 13.1 Å². The Morgan fingerprint density at radius 3 is 2.43 bits per heavy atom. The van der Waals surface area contributed by atoms with Gasteiger partial charge in [-0.1, -0.05) is 18.2 Å². The number of carbonyl (C=O) groups is 1. The van der Waals surface area contributed by atoms with Gasteiger partial charge in [0, 0.05) is 24.3 Å². The van der Waals surface area contributed by atoms with Crippen molar-refractivity contribution in [1.29, 1.82) is 0 Å². The SMILES string of the molecule is Cc1cc(C)cc(NC(=O)NCCn2c(-c3ccc(F)cc3)nc3ccccc32)c1. The number of anilines is 1. The van der Waals surface area contributed by atoms with Gasteiger partial charge in [0.25, 0.3) is 0 Å². The van der Waals surface area contributed by atoms with Gasteiger partial charge in [0.15, 0.2) is 0 Å². The summed E-state index contributed by atoms with van der Waals surface area (Å²) in [6.07, 6.45) is 0. The molecule has 5 nitrogen and oxygen atoms in total. The molecule has 152 valence electrons. The fourth-order valence-electron chi connectivity index (χ4n) is 3.62. The number of fused-ring (bicyclic) bond motifs is 1. The maximum atomic E-state index is 13.3. The van der Waals surface area contributed by atoms with Crippen LogP contribution >= 0.6 is 0 Å². The summed E-state index contributed by atoms with van der Waals surface area (Å²) >= 11 is 0. The molecule has 0 aliphatic rings. The highest BCUT2D eigenvalue weighted by molar-refractivity contribution is 5.89. The molecule has 4 rings (SSSR count). The monoisotopic (exact) mass is 402 g/mol. The summed E-state index contributed by atoms with van der Waals surface area (Å²) < 4.78 is 15.4. The summed E-state index contributed by atoms with van der Waals surface area (Å²) in [5, 5.41) is 5.78. The first-order valence-corrected chi connectivity index (χ1v) is 9.84. The summed E-state index contributed by atoms with van der Waals surface area (Å²) in [6, 6.07) is 19.8. The van der Waals surface area contributed by atoms with E-state index in [2.05, 4.69) is 16.7 Å². The molecule has 0 aliphatic heterocycles. The van der Waals surface area contributed by atoms with Crippen molar-refractivity contribution in [2.75, 3.05) is 11.9 Å². The van der Waals surface area contributed by atoms with E-state index in [4.69, 9.17) is 4.98 Å². The molecule has 2 N–H and O–H groups in total. The fourth-order valence-corrected chi connectivity index (χ4v) is 3.62. The maximum Gasteiger partial charge on any atom is 0.319 e. The van der Waals surface area contributed by atoms with E-state index in [1.165, 1.54) is 12.1 Å². The second kappa shape index (κ2) is 8.37. The molecule has 0 spiro atoms. The molecule has 4 aromatic rings. The minimum atomic E-state index is -0.286. The van der Waals surface area contributed by atoms with Gasteiger partial charge in [-0.15, -0.1) is 0 Å². The third-order valence-electron chi connectivity index (χ3n) is 4.86. The third kappa shape index (κ3) is 4.33. The van der Waals surface area contributed by atoms with Crippen LogP contribution < -0.4 is 10.6 Å². The highest BCUT2D eigenvalue weighted by Crippen LogP contribution is 2.25. The van der Waals surface area contributed by atoms with Crippen LogP contribution in [0.2, 0.25) is 0 Å². The standard InChI is InChI=1S/C24H23FN4O/c1-16-13-17(2)15-20(14-16)27-24(30)26-11-12-29-22-6-4-3-5-21(22)28-23(29)18-7-9-19(25)10-8-18/h3-10,13-15H,11-12H2,1-2H3,(H2,26,27,30). The number of aromatic nitrogens is 2. The van der Waals surface area contributed by atoms with E-state index in [1.54, 1.807) is 12.1 Å². The smallest absolute Gasteiger partial charge is 0.319 e. The number of hydrogen-bond acceptors (Lipinski definition) is 2. The van der Waals surface area contributed by atoms with Crippen molar-refractivity contribution in [1.82, 2.24) is 14.9 Å². The molecule has 30 heavy (non-hydrogen) atoms. The van der Waals surface area contributed by atoms with Crippen LogP contribution in [0.25, 0.3) is 22.4 Å². The van der Waals surface area contributed by atoms with Crippen LogP contribution in [-0.2, 0) is 6.54 Å². The lowest BCUT2D eigenvalue weighted by molar-refractivity contribution is 0.251. The van der Waals surface area contributed by atoms with E-state index in [0.717, 1.165) is 39.2 Å². The second-order valence-electron chi connectivity index (χ2n) is 7.34. The predicted molar refractivity (Wildman–Crippen MR) is 118 cm³/mol. The number of benzene rings is 3. The summed E-state index contributed by atoms with van der Waals surface area (Å²) in [5.41, 5.74) is 5.61. The number of urea groups is 1. The lowest BCUT2D eigenvalue weighted by atomic mass is 10.1. The first-order valence-electron chi connectivity index (χ1n) is 9.84. The third-order valence-corrected chi connectivity index (χ3v) is 4.86. The number of amides is 2. The zero-order valence-corrected chi connectivity index (χ0v) is 16.9.